The van der Waals surface area contributed by atoms with E-state index in [0.717, 1.165) is 38.4 Å². The average molecular weight is 646 g/mol. The molecule has 0 aromatic heterocycles. The number of amides is 3. The Hall–Kier alpha value is -4.26. The number of nitrogens with two attached hydrogens (primary N) is 1. The summed E-state index contributed by atoms with van der Waals surface area (Å²) in [5, 5.41) is 5.67. The van der Waals surface area contributed by atoms with Gasteiger partial charge in [0, 0.05) is 57.3 Å². The number of hydrogen-bond acceptors (Lipinski definition) is 8. The van der Waals surface area contributed by atoms with Crippen molar-refractivity contribution in [1.29, 1.82) is 0 Å². The Bertz CT molecular complexity index is 1440. The molecular weight excluding hydrogens is 607 g/mol. The van der Waals surface area contributed by atoms with Crippen molar-refractivity contribution in [2.45, 2.75) is 13.8 Å². The van der Waals surface area contributed by atoms with Crippen LogP contribution in [-0.4, -0.2) is 87.8 Å². The van der Waals surface area contributed by atoms with Gasteiger partial charge in [0.15, 0.2) is 0 Å². The maximum absolute atomic E-state index is 13.3. The molecular formula is C30H38Cl2N8O4. The van der Waals surface area contributed by atoms with Gasteiger partial charge in [-0.25, -0.2) is 14.8 Å². The van der Waals surface area contributed by atoms with Gasteiger partial charge in [0.05, 0.1) is 31.3 Å². The summed E-state index contributed by atoms with van der Waals surface area (Å²) in [4.78, 5) is 40.2. The fourth-order valence-corrected chi connectivity index (χ4v) is 4.97. The van der Waals surface area contributed by atoms with E-state index in [1.807, 2.05) is 12.1 Å². The SMILES string of the molecule is C=CC(=O)Nc1cc(N2CCN(CC)CC2)ccc1N=C(N)/C=C(\N=CC)N(C)C(=O)Nc1c(Cl)c(OC)cc(OC)c1Cl. The van der Waals surface area contributed by atoms with E-state index in [1.54, 1.807) is 13.0 Å². The number of carbonyl (C=O) groups is 2. The highest BCUT2D eigenvalue weighted by molar-refractivity contribution is 6.41. The Morgan fingerprint density at radius 3 is 2.27 bits per heavy atom. The number of benzene rings is 2. The second-order valence-corrected chi connectivity index (χ2v) is 10.3. The Labute approximate surface area is 267 Å². The Balaban J connectivity index is 1.92. The van der Waals surface area contributed by atoms with E-state index in [9.17, 15) is 9.59 Å². The maximum Gasteiger partial charge on any atom is 0.327 e. The van der Waals surface area contributed by atoms with Crippen molar-refractivity contribution in [2.24, 2.45) is 15.7 Å². The quantitative estimate of drug-likeness (QED) is 0.170. The second kappa shape index (κ2) is 16.0. The molecule has 0 aliphatic carbocycles. The molecule has 0 unspecified atom stereocenters. The van der Waals surface area contributed by atoms with Gasteiger partial charge in [0.2, 0.25) is 5.91 Å². The molecule has 1 heterocycles. The topological polar surface area (TPSA) is 137 Å². The number of piperazine rings is 1. The molecule has 4 N–H and O–H groups in total. The van der Waals surface area contributed by atoms with Crippen LogP contribution in [0.15, 0.2) is 58.8 Å². The van der Waals surface area contributed by atoms with E-state index >= 15 is 0 Å². The normalized spacial score (nSPS) is 14.4. The zero-order valence-electron chi connectivity index (χ0n) is 25.5. The third-order valence-corrected chi connectivity index (χ3v) is 7.60. The number of halogens is 2. The molecule has 0 atom stereocenters. The molecule has 2 aromatic rings. The van der Waals surface area contributed by atoms with Gasteiger partial charge >= 0.3 is 6.03 Å². The average Bonchev–Trinajstić information content (AvgIpc) is 3.03. The van der Waals surface area contributed by atoms with E-state index in [1.165, 1.54) is 50.6 Å². The number of anilines is 3. The Morgan fingerprint density at radius 2 is 1.73 bits per heavy atom. The minimum Gasteiger partial charge on any atom is -0.495 e. The maximum atomic E-state index is 13.3. The van der Waals surface area contributed by atoms with Crippen LogP contribution in [0, 0.1) is 0 Å². The first-order valence-corrected chi connectivity index (χ1v) is 14.6. The smallest absolute Gasteiger partial charge is 0.327 e. The van der Waals surface area contributed by atoms with Crippen LogP contribution in [0.1, 0.15) is 13.8 Å². The van der Waals surface area contributed by atoms with Gasteiger partial charge in [0.25, 0.3) is 0 Å². The summed E-state index contributed by atoms with van der Waals surface area (Å²) in [6.45, 7) is 12.0. The van der Waals surface area contributed by atoms with E-state index in [4.69, 9.17) is 38.4 Å². The van der Waals surface area contributed by atoms with E-state index < -0.39 is 6.03 Å². The lowest BCUT2D eigenvalue weighted by Gasteiger charge is -2.35. The summed E-state index contributed by atoms with van der Waals surface area (Å²) in [5.74, 6) is 0.331. The summed E-state index contributed by atoms with van der Waals surface area (Å²) in [6, 6.07) is 6.46. The molecule has 0 bridgehead atoms. The highest BCUT2D eigenvalue weighted by atomic mass is 35.5. The van der Waals surface area contributed by atoms with Gasteiger partial charge in [0.1, 0.15) is 33.2 Å². The third-order valence-electron chi connectivity index (χ3n) is 6.85. The van der Waals surface area contributed by atoms with Crippen molar-refractivity contribution >= 4 is 69.9 Å². The molecule has 1 aliphatic rings. The van der Waals surface area contributed by atoms with Gasteiger partial charge in [-0.1, -0.05) is 36.7 Å². The molecule has 236 valence electrons. The monoisotopic (exact) mass is 644 g/mol. The lowest BCUT2D eigenvalue weighted by atomic mass is 10.2. The molecule has 12 nitrogen and oxygen atoms in total. The van der Waals surface area contributed by atoms with Crippen LogP contribution >= 0.6 is 23.2 Å². The predicted octanol–water partition coefficient (Wildman–Crippen LogP) is 5.36. The van der Waals surface area contributed by atoms with E-state index in [-0.39, 0.29) is 44.8 Å². The fraction of sp³-hybridized carbons (Fsp3) is 0.333. The Morgan fingerprint density at radius 1 is 1.09 bits per heavy atom. The van der Waals surface area contributed by atoms with Gasteiger partial charge in [-0.15, -0.1) is 0 Å². The van der Waals surface area contributed by atoms with Crippen LogP contribution in [0.2, 0.25) is 10.0 Å². The van der Waals surface area contributed by atoms with Crippen molar-refractivity contribution in [1.82, 2.24) is 9.80 Å². The largest absolute Gasteiger partial charge is 0.495 e. The van der Waals surface area contributed by atoms with Crippen LogP contribution in [0.3, 0.4) is 0 Å². The van der Waals surface area contributed by atoms with Gasteiger partial charge in [-0.2, -0.15) is 0 Å². The van der Waals surface area contributed by atoms with Crippen molar-refractivity contribution in [2.75, 3.05) is 69.5 Å². The summed E-state index contributed by atoms with van der Waals surface area (Å²) in [7, 11) is 4.35. The van der Waals surface area contributed by atoms with Gasteiger partial charge in [-0.05, 0) is 37.7 Å². The van der Waals surface area contributed by atoms with Crippen molar-refractivity contribution < 1.29 is 19.1 Å². The minimum absolute atomic E-state index is 0.0303. The number of ether oxygens (including phenoxy) is 2. The van der Waals surface area contributed by atoms with Crippen molar-refractivity contribution in [3.63, 3.8) is 0 Å². The lowest BCUT2D eigenvalue weighted by Crippen LogP contribution is -2.46. The molecule has 1 fully saturated rings. The molecule has 1 aliphatic heterocycles. The first-order valence-electron chi connectivity index (χ1n) is 13.8. The molecule has 0 saturated carbocycles. The number of methoxy groups -OCH3 is 2. The van der Waals surface area contributed by atoms with Gasteiger partial charge in [-0.3, -0.25) is 9.69 Å². The van der Waals surface area contributed by atoms with Crippen molar-refractivity contribution in [3.8, 4) is 11.5 Å². The van der Waals surface area contributed by atoms with Crippen LogP contribution < -0.4 is 30.7 Å². The van der Waals surface area contributed by atoms with E-state index in [2.05, 4.69) is 43.9 Å². The Kier molecular flexibility index (Phi) is 12.4. The zero-order valence-corrected chi connectivity index (χ0v) is 27.0. The second-order valence-electron chi connectivity index (χ2n) is 9.52. The first-order chi connectivity index (χ1) is 21.1. The number of hydrogen-bond donors (Lipinski definition) is 3. The number of likely N-dealkylation sites (N-methyl/N-ethyl adjacent to an activating group) is 1. The first kappa shape index (κ1) is 34.2. The molecule has 14 heteroatoms. The number of nitrogens with one attached hydrogen (secondary N) is 2. The number of aliphatic imine (C=N–C) groups is 2. The summed E-state index contributed by atoms with van der Waals surface area (Å²) < 4.78 is 10.5. The predicted molar refractivity (Wildman–Crippen MR) is 179 cm³/mol. The van der Waals surface area contributed by atoms with Crippen LogP contribution in [-0.2, 0) is 4.79 Å². The van der Waals surface area contributed by atoms with Crippen LogP contribution in [0.4, 0.5) is 27.5 Å². The van der Waals surface area contributed by atoms with Crippen molar-refractivity contribution in [3.05, 3.63) is 58.9 Å². The third kappa shape index (κ3) is 8.43. The standard InChI is InChI=1S/C30H38Cl2N8O4/c1-7-26(41)36-21-16-19(40-14-12-39(9-3)13-15-40)10-11-20(21)35-24(33)18-25(34-8-2)38(4)30(42)37-29-27(31)22(43-5)17-23(44-6)28(29)32/h7-8,10-11,16-18H,1,9,12-15H2,2-6H3,(H2,33,35)(H,36,41)(H,37,42)/b25-18+,34-8?. The van der Waals surface area contributed by atoms with E-state index in [0.29, 0.717) is 11.4 Å². The van der Waals surface area contributed by atoms with Crippen LogP contribution in [0.25, 0.3) is 0 Å². The summed E-state index contributed by atoms with van der Waals surface area (Å²) >= 11 is 12.8. The molecule has 3 rings (SSSR count). The number of rotatable bonds is 11. The van der Waals surface area contributed by atoms with Crippen LogP contribution in [0.5, 0.6) is 11.5 Å². The molecule has 2 aromatic carbocycles. The summed E-state index contributed by atoms with van der Waals surface area (Å²) in [6.07, 6.45) is 4.10. The number of carbonyl (C=O) groups excluding carboxylic acids is 2. The molecule has 0 radical (unpaired) electrons. The molecule has 1 saturated heterocycles. The molecule has 44 heavy (non-hydrogen) atoms. The highest BCUT2D eigenvalue weighted by Gasteiger charge is 2.22. The minimum atomic E-state index is -0.625. The zero-order chi connectivity index (χ0) is 32.4. The molecule has 0 spiro atoms. The van der Waals surface area contributed by atoms with Gasteiger partial charge < -0.3 is 35.6 Å². The number of urea groups is 1. The lowest BCUT2D eigenvalue weighted by molar-refractivity contribution is -0.111. The fourth-order valence-electron chi connectivity index (χ4n) is 4.37. The summed E-state index contributed by atoms with van der Waals surface area (Å²) in [5.41, 5.74) is 8.24. The molecule has 3 amide bonds. The highest BCUT2D eigenvalue weighted by Crippen LogP contribution is 2.44. The number of amidine groups is 1. The number of nitrogens with zero attached hydrogens (tertiary/aromatic N) is 5.